The second-order valence-corrected chi connectivity index (χ2v) is 4.35. The molecule has 0 aromatic carbocycles. The summed E-state index contributed by atoms with van der Waals surface area (Å²) >= 11 is 0. The monoisotopic (exact) mass is 208 g/mol. The molecule has 1 aliphatic heterocycles. The Balaban J connectivity index is 2.88. The van der Waals surface area contributed by atoms with E-state index in [1.165, 1.54) is 0 Å². The van der Waals surface area contributed by atoms with Crippen molar-refractivity contribution in [1.82, 2.24) is 10.6 Å². The smallest absolute Gasteiger partial charge is 0.183 e. The number of rotatable bonds is 4. The lowest BCUT2D eigenvalue weighted by Crippen LogP contribution is -2.57. The van der Waals surface area contributed by atoms with E-state index in [1.54, 1.807) is 6.92 Å². The fourth-order valence-corrected chi connectivity index (χ4v) is 2.08. The predicted molar refractivity (Wildman–Crippen MR) is 62.6 cm³/mol. The maximum Gasteiger partial charge on any atom is 0.183 e. The van der Waals surface area contributed by atoms with E-state index in [1.807, 2.05) is 6.92 Å². The van der Waals surface area contributed by atoms with Gasteiger partial charge in [-0.3, -0.25) is 4.79 Å². The Morgan fingerprint density at radius 2 is 1.80 bits per heavy atom. The lowest BCUT2D eigenvalue weighted by atomic mass is 9.81. The second-order valence-electron chi connectivity index (χ2n) is 4.35. The molecule has 3 heteroatoms. The third kappa shape index (κ3) is 2.69. The molecule has 0 unspecified atom stereocenters. The minimum absolute atomic E-state index is 0.118. The summed E-state index contributed by atoms with van der Waals surface area (Å²) in [5.74, 6) is 0.118. The summed E-state index contributed by atoms with van der Waals surface area (Å²) < 4.78 is 0. The molecule has 0 aromatic heterocycles. The molecule has 0 amide bonds. The van der Waals surface area contributed by atoms with E-state index in [2.05, 4.69) is 23.8 Å². The van der Waals surface area contributed by atoms with Crippen LogP contribution in [0.5, 0.6) is 0 Å². The lowest BCUT2D eigenvalue weighted by molar-refractivity contribution is -0.122. The van der Waals surface area contributed by atoms with Gasteiger partial charge in [0, 0.05) is 5.70 Å². The Bertz CT molecular complexity index is 288. The number of piperidine rings is 1. The number of Topliss-reactive ketones (excluding diaryl/α,β-unsaturated/α-hetero) is 1. The molecule has 0 aliphatic carbocycles. The van der Waals surface area contributed by atoms with Gasteiger partial charge in [0.1, 0.15) is 5.54 Å². The fourth-order valence-electron chi connectivity index (χ4n) is 2.08. The highest BCUT2D eigenvalue weighted by Crippen LogP contribution is 2.23. The van der Waals surface area contributed by atoms with Crippen LogP contribution < -0.4 is 10.6 Å². The van der Waals surface area contributed by atoms with Crippen LogP contribution in [0.2, 0.25) is 0 Å². The van der Waals surface area contributed by atoms with Gasteiger partial charge in [0.15, 0.2) is 5.78 Å². The van der Waals surface area contributed by atoms with Gasteiger partial charge >= 0.3 is 0 Å². The SMILES string of the molecule is C=C(C)NC1(C(=O)C(=C)C)CCNCC1. The number of nitrogens with one attached hydrogen (secondary N) is 2. The molecule has 1 fully saturated rings. The van der Waals surface area contributed by atoms with Crippen molar-refractivity contribution in [2.24, 2.45) is 0 Å². The van der Waals surface area contributed by atoms with E-state index in [9.17, 15) is 4.79 Å². The average Bonchev–Trinajstić information content (AvgIpc) is 2.16. The van der Waals surface area contributed by atoms with Crippen LogP contribution >= 0.6 is 0 Å². The Kier molecular flexibility index (Phi) is 3.69. The van der Waals surface area contributed by atoms with Crippen LogP contribution in [-0.2, 0) is 4.79 Å². The third-order valence-electron chi connectivity index (χ3n) is 2.73. The molecule has 1 saturated heterocycles. The van der Waals surface area contributed by atoms with Crippen LogP contribution in [-0.4, -0.2) is 24.4 Å². The van der Waals surface area contributed by atoms with E-state index in [0.717, 1.165) is 31.6 Å². The maximum atomic E-state index is 12.1. The Hall–Kier alpha value is -1.09. The van der Waals surface area contributed by atoms with Gasteiger partial charge in [-0.1, -0.05) is 13.2 Å². The highest BCUT2D eigenvalue weighted by molar-refractivity contribution is 6.02. The molecule has 1 rings (SSSR count). The van der Waals surface area contributed by atoms with E-state index in [-0.39, 0.29) is 5.78 Å². The zero-order chi connectivity index (χ0) is 11.5. The van der Waals surface area contributed by atoms with E-state index in [4.69, 9.17) is 0 Å². The number of allylic oxidation sites excluding steroid dienone is 1. The van der Waals surface area contributed by atoms with Crippen LogP contribution in [0.3, 0.4) is 0 Å². The molecule has 0 saturated carbocycles. The zero-order valence-electron chi connectivity index (χ0n) is 9.65. The molecule has 84 valence electrons. The van der Waals surface area contributed by atoms with Crippen molar-refractivity contribution in [2.45, 2.75) is 32.2 Å². The molecule has 1 heterocycles. The summed E-state index contributed by atoms with van der Waals surface area (Å²) in [6, 6.07) is 0. The van der Waals surface area contributed by atoms with Gasteiger partial charge in [0.25, 0.3) is 0 Å². The lowest BCUT2D eigenvalue weighted by Gasteiger charge is -2.38. The summed E-state index contributed by atoms with van der Waals surface area (Å²) in [6.07, 6.45) is 1.59. The Morgan fingerprint density at radius 1 is 1.27 bits per heavy atom. The Labute approximate surface area is 91.6 Å². The van der Waals surface area contributed by atoms with E-state index < -0.39 is 5.54 Å². The number of carbonyl (C=O) groups is 1. The fraction of sp³-hybridized carbons (Fsp3) is 0.583. The molecule has 0 bridgehead atoms. The first-order valence-electron chi connectivity index (χ1n) is 5.33. The number of ketones is 1. The normalized spacial score (nSPS) is 19.3. The van der Waals surface area contributed by atoms with Crippen molar-refractivity contribution in [3.63, 3.8) is 0 Å². The Morgan fingerprint density at radius 3 is 2.20 bits per heavy atom. The largest absolute Gasteiger partial charge is 0.376 e. The van der Waals surface area contributed by atoms with Gasteiger partial charge in [-0.2, -0.15) is 0 Å². The van der Waals surface area contributed by atoms with Crippen LogP contribution in [0, 0.1) is 0 Å². The van der Waals surface area contributed by atoms with Crippen molar-refractivity contribution in [1.29, 1.82) is 0 Å². The summed E-state index contributed by atoms with van der Waals surface area (Å²) in [6.45, 7) is 12.9. The molecule has 3 nitrogen and oxygen atoms in total. The van der Waals surface area contributed by atoms with Gasteiger partial charge in [-0.15, -0.1) is 0 Å². The quantitative estimate of drug-likeness (QED) is 0.686. The molecular formula is C12H20N2O. The molecule has 15 heavy (non-hydrogen) atoms. The molecule has 1 aliphatic rings. The van der Waals surface area contributed by atoms with Crippen molar-refractivity contribution < 1.29 is 4.79 Å². The van der Waals surface area contributed by atoms with Crippen molar-refractivity contribution >= 4 is 5.78 Å². The summed E-state index contributed by atoms with van der Waals surface area (Å²) in [5.41, 5.74) is 0.986. The standard InChI is InChI=1S/C12H20N2O/c1-9(2)11(15)12(14-10(3)4)5-7-13-8-6-12/h13-14H,1,3,5-8H2,2,4H3. The van der Waals surface area contributed by atoms with Crippen molar-refractivity contribution in [2.75, 3.05) is 13.1 Å². The summed E-state index contributed by atoms with van der Waals surface area (Å²) in [7, 11) is 0. The van der Waals surface area contributed by atoms with Gasteiger partial charge < -0.3 is 10.6 Å². The van der Waals surface area contributed by atoms with Crippen LogP contribution in [0.25, 0.3) is 0 Å². The summed E-state index contributed by atoms with van der Waals surface area (Å²) in [5, 5.41) is 6.49. The molecule has 0 radical (unpaired) electrons. The van der Waals surface area contributed by atoms with Crippen molar-refractivity contribution in [3.05, 3.63) is 24.4 Å². The molecule has 0 spiro atoms. The number of carbonyl (C=O) groups excluding carboxylic acids is 1. The van der Waals surface area contributed by atoms with Gasteiger partial charge in [0.2, 0.25) is 0 Å². The van der Waals surface area contributed by atoms with Gasteiger partial charge in [-0.25, -0.2) is 0 Å². The second kappa shape index (κ2) is 4.62. The molecule has 2 N–H and O–H groups in total. The summed E-state index contributed by atoms with van der Waals surface area (Å²) in [4.78, 5) is 12.1. The highest BCUT2D eigenvalue weighted by Gasteiger charge is 2.38. The van der Waals surface area contributed by atoms with Gasteiger partial charge in [-0.05, 0) is 45.4 Å². The first kappa shape index (κ1) is 12.0. The van der Waals surface area contributed by atoms with Crippen LogP contribution in [0.1, 0.15) is 26.7 Å². The molecule has 0 aromatic rings. The molecule has 0 atom stereocenters. The van der Waals surface area contributed by atoms with Gasteiger partial charge in [0.05, 0.1) is 0 Å². The first-order chi connectivity index (χ1) is 6.98. The molecular weight excluding hydrogens is 188 g/mol. The minimum Gasteiger partial charge on any atom is -0.376 e. The first-order valence-corrected chi connectivity index (χ1v) is 5.33. The van der Waals surface area contributed by atoms with Crippen LogP contribution in [0.4, 0.5) is 0 Å². The minimum atomic E-state index is -0.469. The zero-order valence-corrected chi connectivity index (χ0v) is 9.65. The average molecular weight is 208 g/mol. The highest BCUT2D eigenvalue weighted by atomic mass is 16.1. The maximum absolute atomic E-state index is 12.1. The van der Waals surface area contributed by atoms with Crippen LogP contribution in [0.15, 0.2) is 24.4 Å². The van der Waals surface area contributed by atoms with E-state index >= 15 is 0 Å². The number of hydrogen-bond donors (Lipinski definition) is 2. The predicted octanol–water partition coefficient (Wildman–Crippen LogP) is 1.38. The van der Waals surface area contributed by atoms with Crippen molar-refractivity contribution in [3.8, 4) is 0 Å². The van der Waals surface area contributed by atoms with E-state index in [0.29, 0.717) is 5.57 Å². The number of hydrogen-bond acceptors (Lipinski definition) is 3. The topological polar surface area (TPSA) is 41.1 Å². The third-order valence-corrected chi connectivity index (χ3v) is 2.73.